The molecule has 2 saturated heterocycles. The maximum Gasteiger partial charge on any atom is 0.248 e. The molecule has 130 valence electrons. The van der Waals surface area contributed by atoms with Crippen LogP contribution in [0, 0.1) is 12.7 Å². The van der Waals surface area contributed by atoms with Gasteiger partial charge in [0, 0.05) is 24.7 Å². The summed E-state index contributed by atoms with van der Waals surface area (Å²) in [5.41, 5.74) is 1.55. The number of hydrogen-bond acceptors (Lipinski definition) is 4. The topological polar surface area (TPSA) is 81.7 Å². The number of aliphatic hydroxyl groups is 1. The molecule has 6 nitrogen and oxygen atoms in total. The van der Waals surface area contributed by atoms with E-state index >= 15 is 0 Å². The molecule has 2 fully saturated rings. The van der Waals surface area contributed by atoms with E-state index in [1.54, 1.807) is 12.1 Å². The van der Waals surface area contributed by atoms with Crippen molar-refractivity contribution in [2.24, 2.45) is 0 Å². The van der Waals surface area contributed by atoms with Gasteiger partial charge in [-0.1, -0.05) is 17.7 Å². The fourth-order valence-corrected chi connectivity index (χ4v) is 3.39. The van der Waals surface area contributed by atoms with Crippen molar-refractivity contribution in [2.45, 2.75) is 51.0 Å². The van der Waals surface area contributed by atoms with E-state index in [0.717, 1.165) is 5.56 Å². The molecule has 3 rings (SSSR count). The highest BCUT2D eigenvalue weighted by atomic mass is 19.1. The van der Waals surface area contributed by atoms with Crippen molar-refractivity contribution < 1.29 is 19.1 Å². The summed E-state index contributed by atoms with van der Waals surface area (Å²) >= 11 is 0. The molecule has 7 heteroatoms. The number of piperazine rings is 1. The predicted octanol–water partition coefficient (Wildman–Crippen LogP) is 0.0724. The van der Waals surface area contributed by atoms with Crippen molar-refractivity contribution in [3.05, 3.63) is 35.1 Å². The summed E-state index contributed by atoms with van der Waals surface area (Å²) in [4.78, 5) is 26.0. The molecule has 2 aliphatic rings. The summed E-state index contributed by atoms with van der Waals surface area (Å²) in [7, 11) is 0. The van der Waals surface area contributed by atoms with Gasteiger partial charge in [-0.3, -0.25) is 9.59 Å². The summed E-state index contributed by atoms with van der Waals surface area (Å²) in [5, 5.41) is 15.5. The van der Waals surface area contributed by atoms with E-state index in [4.69, 9.17) is 0 Å². The monoisotopic (exact) mass is 335 g/mol. The van der Waals surface area contributed by atoms with E-state index in [1.165, 1.54) is 17.9 Å². The minimum atomic E-state index is -0.934. The molecule has 2 aliphatic heterocycles. The Morgan fingerprint density at radius 1 is 1.46 bits per heavy atom. The van der Waals surface area contributed by atoms with Crippen LogP contribution in [0.5, 0.6) is 0 Å². The van der Waals surface area contributed by atoms with Crippen LogP contribution in [0.15, 0.2) is 18.2 Å². The van der Waals surface area contributed by atoms with Crippen LogP contribution in [0.1, 0.15) is 24.5 Å². The normalized spacial score (nSPS) is 27.8. The van der Waals surface area contributed by atoms with Gasteiger partial charge in [-0.15, -0.1) is 0 Å². The molecule has 1 aromatic rings. The maximum absolute atomic E-state index is 13.8. The fraction of sp³-hybridized carbons (Fsp3) is 0.529. The third kappa shape index (κ3) is 3.14. The third-order valence-electron chi connectivity index (χ3n) is 4.72. The number of benzene rings is 1. The first-order valence-corrected chi connectivity index (χ1v) is 8.14. The number of carbonyl (C=O) groups is 2. The van der Waals surface area contributed by atoms with E-state index in [2.05, 4.69) is 10.6 Å². The molecule has 1 aromatic carbocycles. The molecule has 0 radical (unpaired) electrons. The van der Waals surface area contributed by atoms with Gasteiger partial charge in [0.2, 0.25) is 11.8 Å². The van der Waals surface area contributed by atoms with Gasteiger partial charge < -0.3 is 20.6 Å². The molecule has 0 bridgehead atoms. The van der Waals surface area contributed by atoms with Crippen molar-refractivity contribution in [1.82, 2.24) is 15.5 Å². The zero-order chi connectivity index (χ0) is 17.4. The van der Waals surface area contributed by atoms with Crippen LogP contribution in [-0.2, 0) is 16.1 Å². The first kappa shape index (κ1) is 16.9. The highest BCUT2D eigenvalue weighted by Crippen LogP contribution is 2.24. The molecular weight excluding hydrogens is 313 g/mol. The Bertz CT molecular complexity index is 664. The molecule has 0 spiro atoms. The van der Waals surface area contributed by atoms with Gasteiger partial charge in [-0.25, -0.2) is 4.39 Å². The Kier molecular flexibility index (Phi) is 4.56. The molecule has 0 aromatic heterocycles. The van der Waals surface area contributed by atoms with Gasteiger partial charge in [-0.2, -0.15) is 0 Å². The van der Waals surface area contributed by atoms with Gasteiger partial charge in [0.25, 0.3) is 0 Å². The lowest BCUT2D eigenvalue weighted by Crippen LogP contribution is -2.64. The SMILES string of the molecule is Cc1ccc(F)c(CN[C@H]2C[C@H]3C(=O)N[C@H]([C@H](C)O)C(=O)N3C2)c1. The van der Waals surface area contributed by atoms with Crippen molar-refractivity contribution >= 4 is 11.8 Å². The molecule has 4 atom stereocenters. The van der Waals surface area contributed by atoms with Crippen LogP contribution in [0.4, 0.5) is 4.39 Å². The number of nitrogens with one attached hydrogen (secondary N) is 2. The minimum Gasteiger partial charge on any atom is -0.391 e. The average molecular weight is 335 g/mol. The van der Waals surface area contributed by atoms with Crippen LogP contribution < -0.4 is 10.6 Å². The number of aliphatic hydroxyl groups excluding tert-OH is 1. The van der Waals surface area contributed by atoms with Gasteiger partial charge in [0.1, 0.15) is 17.9 Å². The number of halogens is 1. The highest BCUT2D eigenvalue weighted by Gasteiger charge is 2.47. The summed E-state index contributed by atoms with van der Waals surface area (Å²) in [6.07, 6.45) is -0.451. The Hall–Kier alpha value is -1.99. The summed E-state index contributed by atoms with van der Waals surface area (Å²) in [5.74, 6) is -0.779. The molecular formula is C17H22FN3O3. The van der Waals surface area contributed by atoms with Crippen LogP contribution in [0.2, 0.25) is 0 Å². The first-order valence-electron chi connectivity index (χ1n) is 8.14. The summed E-state index contributed by atoms with van der Waals surface area (Å²) in [6.45, 7) is 4.11. The largest absolute Gasteiger partial charge is 0.391 e. The van der Waals surface area contributed by atoms with Gasteiger partial charge in [0.15, 0.2) is 0 Å². The lowest BCUT2D eigenvalue weighted by Gasteiger charge is -2.35. The number of amides is 2. The second-order valence-electron chi connectivity index (χ2n) is 6.64. The van der Waals surface area contributed by atoms with E-state index in [0.29, 0.717) is 25.1 Å². The van der Waals surface area contributed by atoms with Crippen LogP contribution in [0.3, 0.4) is 0 Å². The Labute approximate surface area is 140 Å². The van der Waals surface area contributed by atoms with E-state index in [9.17, 15) is 19.1 Å². The zero-order valence-electron chi connectivity index (χ0n) is 13.8. The average Bonchev–Trinajstić information content (AvgIpc) is 2.96. The number of aryl methyl sites for hydroxylation is 1. The van der Waals surface area contributed by atoms with Crippen molar-refractivity contribution in [3.63, 3.8) is 0 Å². The molecule has 24 heavy (non-hydrogen) atoms. The molecule has 2 amide bonds. The number of carbonyl (C=O) groups excluding carboxylic acids is 2. The maximum atomic E-state index is 13.8. The number of fused-ring (bicyclic) bond motifs is 1. The quantitative estimate of drug-likeness (QED) is 0.727. The number of nitrogens with zero attached hydrogens (tertiary/aromatic N) is 1. The van der Waals surface area contributed by atoms with E-state index < -0.39 is 18.2 Å². The lowest BCUT2D eigenvalue weighted by molar-refractivity contribution is -0.149. The van der Waals surface area contributed by atoms with Gasteiger partial charge >= 0.3 is 0 Å². The van der Waals surface area contributed by atoms with Gasteiger partial charge in [-0.05, 0) is 26.3 Å². The van der Waals surface area contributed by atoms with E-state index in [-0.39, 0.29) is 23.7 Å². The molecule has 2 heterocycles. The lowest BCUT2D eigenvalue weighted by atomic mass is 10.0. The number of hydrogen-bond donors (Lipinski definition) is 3. The standard InChI is InChI=1S/C17H22FN3O3/c1-9-3-4-13(18)11(5-9)7-19-12-6-14-16(23)20-15(10(2)22)17(24)21(14)8-12/h3-5,10,12,14-15,19,22H,6-8H2,1-2H3,(H,20,23)/t10-,12-,14-,15+/m0/s1. The Morgan fingerprint density at radius 2 is 2.21 bits per heavy atom. The molecule has 0 unspecified atom stereocenters. The van der Waals surface area contributed by atoms with Crippen LogP contribution in [-0.4, -0.2) is 52.6 Å². The van der Waals surface area contributed by atoms with Crippen LogP contribution in [0.25, 0.3) is 0 Å². The Morgan fingerprint density at radius 3 is 2.92 bits per heavy atom. The zero-order valence-corrected chi connectivity index (χ0v) is 13.8. The summed E-state index contributed by atoms with van der Waals surface area (Å²) in [6, 6.07) is 3.44. The second-order valence-corrected chi connectivity index (χ2v) is 6.64. The second kappa shape index (κ2) is 6.49. The minimum absolute atomic E-state index is 0.0858. The Balaban J connectivity index is 1.65. The molecule has 0 saturated carbocycles. The molecule has 0 aliphatic carbocycles. The highest BCUT2D eigenvalue weighted by molar-refractivity contribution is 5.97. The first-order chi connectivity index (χ1) is 11.4. The van der Waals surface area contributed by atoms with E-state index in [1.807, 2.05) is 6.92 Å². The number of rotatable bonds is 4. The molecule has 3 N–H and O–H groups in total. The summed E-state index contributed by atoms with van der Waals surface area (Å²) < 4.78 is 13.8. The van der Waals surface area contributed by atoms with Gasteiger partial charge in [0.05, 0.1) is 6.10 Å². The van der Waals surface area contributed by atoms with Crippen molar-refractivity contribution in [2.75, 3.05) is 6.54 Å². The van der Waals surface area contributed by atoms with Crippen molar-refractivity contribution in [3.8, 4) is 0 Å². The third-order valence-corrected chi connectivity index (χ3v) is 4.72. The van der Waals surface area contributed by atoms with Crippen molar-refractivity contribution in [1.29, 1.82) is 0 Å². The smallest absolute Gasteiger partial charge is 0.248 e. The predicted molar refractivity (Wildman–Crippen MR) is 85.5 cm³/mol. The fourth-order valence-electron chi connectivity index (χ4n) is 3.39. The van der Waals surface area contributed by atoms with Crippen LogP contribution >= 0.6 is 0 Å².